The third kappa shape index (κ3) is 1.11. The average molecular weight is 209 g/mol. The number of aromatic nitrogens is 1. The summed E-state index contributed by atoms with van der Waals surface area (Å²) in [5.74, 6) is 0.0466. The van der Waals surface area contributed by atoms with Crippen LogP contribution in [0.1, 0.15) is 0 Å². The smallest absolute Gasteiger partial charge is 0.197 e. The van der Waals surface area contributed by atoms with Crippen molar-refractivity contribution in [2.75, 3.05) is 0 Å². The molecule has 0 aliphatic carbocycles. The number of fused-ring (bicyclic) bond motifs is 3. The van der Waals surface area contributed by atoms with Gasteiger partial charge in [0.2, 0.25) is 0 Å². The normalized spacial score (nSPS) is 11.0. The minimum absolute atomic E-state index is 0.0466. The molecule has 3 nitrogen and oxygen atoms in total. The SMILES string of the molecule is N=C(N)n1ccc2c3ccccc3ccc21. The van der Waals surface area contributed by atoms with Gasteiger partial charge in [0.05, 0.1) is 5.52 Å². The van der Waals surface area contributed by atoms with Crippen molar-refractivity contribution < 1.29 is 0 Å². The van der Waals surface area contributed by atoms with E-state index in [0.29, 0.717) is 0 Å². The first-order valence-corrected chi connectivity index (χ1v) is 5.10. The summed E-state index contributed by atoms with van der Waals surface area (Å²) in [6, 6.07) is 14.3. The van der Waals surface area contributed by atoms with Crippen molar-refractivity contribution in [2.24, 2.45) is 5.73 Å². The standard InChI is InChI=1S/C13H11N3/c14-13(15)16-8-7-11-10-4-2-1-3-9(10)5-6-12(11)16/h1-8H,(H3,14,15). The van der Waals surface area contributed by atoms with Crippen LogP contribution >= 0.6 is 0 Å². The molecule has 16 heavy (non-hydrogen) atoms. The van der Waals surface area contributed by atoms with Crippen LogP contribution in [0.25, 0.3) is 21.7 Å². The average Bonchev–Trinajstić information content (AvgIpc) is 2.73. The summed E-state index contributed by atoms with van der Waals surface area (Å²) >= 11 is 0. The Morgan fingerprint density at radius 3 is 2.62 bits per heavy atom. The fourth-order valence-corrected chi connectivity index (χ4v) is 2.11. The summed E-state index contributed by atoms with van der Waals surface area (Å²) in [5.41, 5.74) is 6.49. The molecule has 1 heterocycles. The number of nitrogens with two attached hydrogens (primary N) is 1. The second-order valence-corrected chi connectivity index (χ2v) is 3.79. The number of nitrogens with one attached hydrogen (secondary N) is 1. The Morgan fingerprint density at radius 2 is 1.81 bits per heavy atom. The van der Waals surface area contributed by atoms with Gasteiger partial charge in [-0.25, -0.2) is 0 Å². The number of nitrogens with zero attached hydrogens (tertiary/aromatic N) is 1. The molecule has 3 aromatic rings. The summed E-state index contributed by atoms with van der Waals surface area (Å²) in [7, 11) is 0. The highest BCUT2D eigenvalue weighted by Gasteiger charge is 2.05. The van der Waals surface area contributed by atoms with Gasteiger partial charge in [-0.05, 0) is 22.9 Å². The zero-order valence-corrected chi connectivity index (χ0v) is 8.64. The maximum Gasteiger partial charge on any atom is 0.197 e. The fraction of sp³-hybridized carbons (Fsp3) is 0. The van der Waals surface area contributed by atoms with Crippen molar-refractivity contribution in [3.05, 3.63) is 48.7 Å². The molecule has 0 atom stereocenters. The second-order valence-electron chi connectivity index (χ2n) is 3.79. The number of nitrogen functional groups attached to an aromatic ring is 1. The number of benzene rings is 2. The van der Waals surface area contributed by atoms with E-state index in [-0.39, 0.29) is 5.96 Å². The highest BCUT2D eigenvalue weighted by Crippen LogP contribution is 2.25. The lowest BCUT2D eigenvalue weighted by molar-refractivity contribution is 1.15. The van der Waals surface area contributed by atoms with E-state index < -0.39 is 0 Å². The number of hydrogen-bond acceptors (Lipinski definition) is 1. The molecule has 3 rings (SSSR count). The highest BCUT2D eigenvalue weighted by molar-refractivity contribution is 6.08. The number of rotatable bonds is 0. The van der Waals surface area contributed by atoms with Crippen LogP contribution in [0.3, 0.4) is 0 Å². The lowest BCUT2D eigenvalue weighted by Crippen LogP contribution is -2.19. The largest absolute Gasteiger partial charge is 0.369 e. The Morgan fingerprint density at radius 1 is 1.00 bits per heavy atom. The predicted molar refractivity (Wildman–Crippen MR) is 66.8 cm³/mol. The van der Waals surface area contributed by atoms with E-state index in [9.17, 15) is 0 Å². The van der Waals surface area contributed by atoms with Gasteiger partial charge in [-0.3, -0.25) is 9.98 Å². The van der Waals surface area contributed by atoms with Crippen LogP contribution in [0.4, 0.5) is 0 Å². The molecular formula is C13H11N3. The Bertz CT molecular complexity index is 695. The molecule has 0 radical (unpaired) electrons. The van der Waals surface area contributed by atoms with Crippen LogP contribution in [0.15, 0.2) is 48.7 Å². The fourth-order valence-electron chi connectivity index (χ4n) is 2.11. The Hall–Kier alpha value is -2.29. The van der Waals surface area contributed by atoms with E-state index in [4.69, 9.17) is 11.1 Å². The van der Waals surface area contributed by atoms with Crippen molar-refractivity contribution in [3.8, 4) is 0 Å². The molecule has 78 valence electrons. The summed E-state index contributed by atoms with van der Waals surface area (Å²) in [6.07, 6.45) is 1.83. The van der Waals surface area contributed by atoms with Crippen LogP contribution in [-0.2, 0) is 0 Å². The maximum atomic E-state index is 7.48. The predicted octanol–water partition coefficient (Wildman–Crippen LogP) is 2.54. The minimum atomic E-state index is 0.0466. The van der Waals surface area contributed by atoms with E-state index in [1.54, 1.807) is 4.57 Å². The van der Waals surface area contributed by atoms with Gasteiger partial charge in [0.1, 0.15) is 0 Å². The lowest BCUT2D eigenvalue weighted by atomic mass is 10.1. The summed E-state index contributed by atoms with van der Waals surface area (Å²) < 4.78 is 1.68. The van der Waals surface area contributed by atoms with E-state index in [2.05, 4.69) is 18.2 Å². The van der Waals surface area contributed by atoms with Crippen LogP contribution in [0, 0.1) is 5.41 Å². The van der Waals surface area contributed by atoms with Gasteiger partial charge < -0.3 is 5.73 Å². The quantitative estimate of drug-likeness (QED) is 0.434. The van der Waals surface area contributed by atoms with Crippen molar-refractivity contribution in [3.63, 3.8) is 0 Å². The van der Waals surface area contributed by atoms with Gasteiger partial charge >= 0.3 is 0 Å². The molecule has 0 fully saturated rings. The van der Waals surface area contributed by atoms with Gasteiger partial charge in [-0.2, -0.15) is 0 Å². The van der Waals surface area contributed by atoms with Crippen LogP contribution < -0.4 is 5.73 Å². The third-order valence-electron chi connectivity index (χ3n) is 2.86. The number of hydrogen-bond donors (Lipinski definition) is 2. The molecule has 0 aliphatic rings. The minimum Gasteiger partial charge on any atom is -0.369 e. The van der Waals surface area contributed by atoms with E-state index >= 15 is 0 Å². The highest BCUT2D eigenvalue weighted by atomic mass is 15.1. The van der Waals surface area contributed by atoms with Gasteiger partial charge in [-0.15, -0.1) is 0 Å². The summed E-state index contributed by atoms with van der Waals surface area (Å²) in [5, 5.41) is 11.0. The van der Waals surface area contributed by atoms with Crippen LogP contribution in [0.5, 0.6) is 0 Å². The van der Waals surface area contributed by atoms with E-state index in [1.165, 1.54) is 10.8 Å². The molecule has 0 saturated heterocycles. The molecule has 3 N–H and O–H groups in total. The second kappa shape index (κ2) is 3.10. The summed E-state index contributed by atoms with van der Waals surface area (Å²) in [6.45, 7) is 0. The van der Waals surface area contributed by atoms with Crippen molar-refractivity contribution >= 4 is 27.6 Å². The zero-order chi connectivity index (χ0) is 11.1. The van der Waals surface area contributed by atoms with E-state index in [0.717, 1.165) is 10.9 Å². The molecule has 0 aliphatic heterocycles. The topological polar surface area (TPSA) is 54.8 Å². The molecule has 0 amide bonds. The molecule has 0 spiro atoms. The Labute approximate surface area is 92.6 Å². The van der Waals surface area contributed by atoms with Gasteiger partial charge in [0.25, 0.3) is 0 Å². The first-order chi connectivity index (χ1) is 7.77. The van der Waals surface area contributed by atoms with Crippen molar-refractivity contribution in [1.29, 1.82) is 5.41 Å². The van der Waals surface area contributed by atoms with Gasteiger partial charge in [-0.1, -0.05) is 30.3 Å². The monoisotopic (exact) mass is 209 g/mol. The molecular weight excluding hydrogens is 198 g/mol. The van der Waals surface area contributed by atoms with Gasteiger partial charge in [0, 0.05) is 11.6 Å². The molecule has 0 saturated carbocycles. The van der Waals surface area contributed by atoms with E-state index in [1.807, 2.05) is 30.5 Å². The Kier molecular flexibility index (Phi) is 1.74. The molecule has 0 bridgehead atoms. The zero-order valence-electron chi connectivity index (χ0n) is 8.64. The molecule has 2 aromatic carbocycles. The Balaban J connectivity index is 2.49. The first-order valence-electron chi connectivity index (χ1n) is 5.10. The lowest BCUT2D eigenvalue weighted by Gasteiger charge is -2.03. The molecule has 3 heteroatoms. The van der Waals surface area contributed by atoms with Crippen molar-refractivity contribution in [1.82, 2.24) is 4.57 Å². The molecule has 0 unspecified atom stereocenters. The van der Waals surface area contributed by atoms with Crippen LogP contribution in [0.2, 0.25) is 0 Å². The third-order valence-corrected chi connectivity index (χ3v) is 2.86. The summed E-state index contributed by atoms with van der Waals surface area (Å²) in [4.78, 5) is 0. The van der Waals surface area contributed by atoms with Gasteiger partial charge in [0.15, 0.2) is 5.96 Å². The first kappa shape index (κ1) is 8.97. The van der Waals surface area contributed by atoms with Crippen LogP contribution in [-0.4, -0.2) is 10.5 Å². The maximum absolute atomic E-state index is 7.48. The van der Waals surface area contributed by atoms with Crippen molar-refractivity contribution in [2.45, 2.75) is 0 Å². The molecule has 1 aromatic heterocycles.